The number of nitrogens with one attached hydrogen (secondary N) is 1. The van der Waals surface area contributed by atoms with Gasteiger partial charge in [0.15, 0.2) is 5.11 Å². The van der Waals surface area contributed by atoms with E-state index >= 15 is 0 Å². The number of likely N-dealkylation sites (tertiary alicyclic amines) is 1. The van der Waals surface area contributed by atoms with Gasteiger partial charge in [0.25, 0.3) is 0 Å². The molecule has 1 saturated heterocycles. The van der Waals surface area contributed by atoms with Gasteiger partial charge in [0.05, 0.1) is 5.56 Å². The smallest absolute Gasteiger partial charge is 0.184 e. The maximum atomic E-state index is 11.4. The topological polar surface area (TPSA) is 83.1 Å². The number of rotatable bonds is 7. The number of nitrogens with two attached hydrogens (primary N) is 1. The third kappa shape index (κ3) is 5.54. The van der Waals surface area contributed by atoms with Gasteiger partial charge in [-0.3, -0.25) is 5.43 Å². The van der Waals surface area contributed by atoms with Crippen LogP contribution in [0.1, 0.15) is 43.2 Å². The number of fused-ring (bicyclic) bond motifs is 1. The number of benzene rings is 2. The fourth-order valence-corrected chi connectivity index (χ4v) is 4.93. The van der Waals surface area contributed by atoms with Crippen LogP contribution < -0.4 is 15.9 Å². The van der Waals surface area contributed by atoms with Gasteiger partial charge in [-0.25, -0.2) is 0 Å². The van der Waals surface area contributed by atoms with E-state index in [0.29, 0.717) is 18.1 Å². The van der Waals surface area contributed by atoms with Crippen LogP contribution >= 0.6 is 12.2 Å². The first-order valence-corrected chi connectivity index (χ1v) is 12.0. The molecule has 1 fully saturated rings. The average molecular weight is 465 g/mol. The van der Waals surface area contributed by atoms with Crippen LogP contribution in [0.3, 0.4) is 0 Å². The van der Waals surface area contributed by atoms with Gasteiger partial charge in [0, 0.05) is 29.7 Å². The highest BCUT2D eigenvalue weighted by Crippen LogP contribution is 2.41. The molecule has 2 aromatic carbocycles. The van der Waals surface area contributed by atoms with Crippen molar-refractivity contribution in [3.63, 3.8) is 0 Å². The summed E-state index contributed by atoms with van der Waals surface area (Å²) in [7, 11) is 0. The van der Waals surface area contributed by atoms with Crippen molar-refractivity contribution in [1.29, 1.82) is 0 Å². The Balaban J connectivity index is 1.80. The quantitative estimate of drug-likeness (QED) is 0.319. The third-order valence-electron chi connectivity index (χ3n) is 6.55. The van der Waals surface area contributed by atoms with E-state index in [1.54, 1.807) is 0 Å². The zero-order valence-corrected chi connectivity index (χ0v) is 19.9. The number of aliphatic hydroxyl groups is 1. The molecular formula is C26H32N4O2S. The van der Waals surface area contributed by atoms with E-state index in [-0.39, 0.29) is 16.9 Å². The van der Waals surface area contributed by atoms with Crippen molar-refractivity contribution in [3.8, 4) is 5.75 Å². The Morgan fingerprint density at radius 1 is 1.12 bits per heavy atom. The molecule has 0 radical (unpaired) electrons. The van der Waals surface area contributed by atoms with Crippen molar-refractivity contribution in [3.05, 3.63) is 71.3 Å². The SMILES string of the molecule is C/C(=N\NC(N)=S)C(CN1CCCCC1)C(C1=C(O)c2ccccc2OC1)c1ccccc1. The minimum atomic E-state index is -0.113. The maximum Gasteiger partial charge on any atom is 0.184 e. The van der Waals surface area contributed by atoms with Crippen molar-refractivity contribution in [2.45, 2.75) is 32.1 Å². The molecule has 4 N–H and O–H groups in total. The van der Waals surface area contributed by atoms with Crippen LogP contribution in [-0.4, -0.2) is 47.1 Å². The number of nitrogens with zero attached hydrogens (tertiary/aromatic N) is 2. The molecule has 2 heterocycles. The number of ether oxygens (including phenoxy) is 1. The molecule has 33 heavy (non-hydrogen) atoms. The normalized spacial score (nSPS) is 18.8. The highest BCUT2D eigenvalue weighted by Gasteiger charge is 2.35. The zero-order chi connectivity index (χ0) is 23.2. The van der Waals surface area contributed by atoms with Gasteiger partial charge >= 0.3 is 0 Å². The van der Waals surface area contributed by atoms with Gasteiger partial charge in [-0.1, -0.05) is 48.9 Å². The maximum absolute atomic E-state index is 11.4. The fourth-order valence-electron chi connectivity index (χ4n) is 4.88. The van der Waals surface area contributed by atoms with Crippen LogP contribution in [0, 0.1) is 5.92 Å². The minimum absolute atomic E-state index is 0.00152. The van der Waals surface area contributed by atoms with Gasteiger partial charge in [-0.05, 0) is 62.8 Å². The van der Waals surface area contributed by atoms with Crippen LogP contribution in [-0.2, 0) is 0 Å². The number of piperidine rings is 1. The first kappa shape index (κ1) is 23.3. The summed E-state index contributed by atoms with van der Waals surface area (Å²) in [5.41, 5.74) is 12.0. The molecule has 0 amide bonds. The van der Waals surface area contributed by atoms with Crippen molar-refractivity contribution in [2.75, 3.05) is 26.2 Å². The molecule has 6 nitrogen and oxygen atoms in total. The monoisotopic (exact) mass is 464 g/mol. The Morgan fingerprint density at radius 2 is 1.82 bits per heavy atom. The van der Waals surface area contributed by atoms with E-state index in [4.69, 9.17) is 22.7 Å². The second-order valence-corrected chi connectivity index (χ2v) is 9.18. The highest BCUT2D eigenvalue weighted by molar-refractivity contribution is 7.80. The predicted octanol–water partition coefficient (Wildman–Crippen LogP) is 4.44. The molecule has 2 atom stereocenters. The van der Waals surface area contributed by atoms with Crippen LogP contribution in [0.15, 0.2) is 65.3 Å². The Morgan fingerprint density at radius 3 is 2.55 bits per heavy atom. The standard InChI is InChI=1S/C26H32N4O2S/c1-18(28-29-26(27)33)21(16-30-14-8-3-9-15-30)24(19-10-4-2-5-11-19)22-17-32-23-13-7-6-12-20(23)25(22)31/h2,4-7,10-13,21,24,31H,3,8-9,14-17H2,1H3,(H3,27,29,33)/b28-18+. The number of thiocarbonyl (C=S) groups is 1. The van der Waals surface area contributed by atoms with Crippen molar-refractivity contribution >= 4 is 28.8 Å². The summed E-state index contributed by atoms with van der Waals surface area (Å²) in [6.07, 6.45) is 3.68. The Kier molecular flexibility index (Phi) is 7.62. The largest absolute Gasteiger partial charge is 0.507 e. The lowest BCUT2D eigenvalue weighted by molar-refractivity contribution is 0.204. The van der Waals surface area contributed by atoms with E-state index in [9.17, 15) is 5.11 Å². The van der Waals surface area contributed by atoms with Gasteiger partial charge in [0.1, 0.15) is 18.1 Å². The third-order valence-corrected chi connectivity index (χ3v) is 6.64. The Bertz CT molecular complexity index is 1030. The van der Waals surface area contributed by atoms with Gasteiger partial charge in [-0.15, -0.1) is 0 Å². The Labute approximate surface area is 201 Å². The second kappa shape index (κ2) is 10.8. The van der Waals surface area contributed by atoms with E-state index in [1.165, 1.54) is 19.3 Å². The van der Waals surface area contributed by atoms with E-state index in [2.05, 4.69) is 27.6 Å². The van der Waals surface area contributed by atoms with Crippen LogP contribution in [0.25, 0.3) is 5.76 Å². The molecule has 2 aromatic rings. The molecular weight excluding hydrogens is 432 g/mol. The van der Waals surface area contributed by atoms with E-state index in [1.807, 2.05) is 49.4 Å². The number of para-hydroxylation sites is 1. The Hall–Kier alpha value is -2.90. The van der Waals surface area contributed by atoms with E-state index in [0.717, 1.165) is 42.0 Å². The molecule has 0 aliphatic carbocycles. The molecule has 0 saturated carbocycles. The zero-order valence-electron chi connectivity index (χ0n) is 19.0. The number of hydrogen-bond acceptors (Lipinski definition) is 5. The summed E-state index contributed by atoms with van der Waals surface area (Å²) < 4.78 is 6.10. The van der Waals surface area contributed by atoms with Crippen molar-refractivity contribution < 1.29 is 9.84 Å². The lowest BCUT2D eigenvalue weighted by atomic mass is 9.76. The van der Waals surface area contributed by atoms with Gasteiger partial charge in [0.2, 0.25) is 0 Å². The summed E-state index contributed by atoms with van der Waals surface area (Å²) in [6.45, 7) is 5.29. The fraction of sp³-hybridized carbons (Fsp3) is 0.385. The molecule has 0 bridgehead atoms. The molecule has 2 aliphatic heterocycles. The first-order valence-electron chi connectivity index (χ1n) is 11.6. The van der Waals surface area contributed by atoms with Crippen LogP contribution in [0.5, 0.6) is 5.75 Å². The molecule has 174 valence electrons. The van der Waals surface area contributed by atoms with Crippen molar-refractivity contribution in [2.24, 2.45) is 16.8 Å². The first-order chi connectivity index (χ1) is 16.0. The summed E-state index contributed by atoms with van der Waals surface area (Å²) in [6, 6.07) is 17.9. The number of hydrogen-bond donors (Lipinski definition) is 3. The second-order valence-electron chi connectivity index (χ2n) is 8.74. The molecule has 2 unspecified atom stereocenters. The minimum Gasteiger partial charge on any atom is -0.507 e. The molecule has 0 spiro atoms. The molecule has 4 rings (SSSR count). The predicted molar refractivity (Wildman–Crippen MR) is 137 cm³/mol. The molecule has 0 aromatic heterocycles. The highest BCUT2D eigenvalue weighted by atomic mass is 32.1. The van der Waals surface area contributed by atoms with E-state index < -0.39 is 0 Å². The lowest BCUT2D eigenvalue weighted by Crippen LogP contribution is -2.40. The van der Waals surface area contributed by atoms with Crippen LogP contribution in [0.2, 0.25) is 0 Å². The molecule has 2 aliphatic rings. The average Bonchev–Trinajstić information content (AvgIpc) is 2.85. The molecule has 7 heteroatoms. The summed E-state index contributed by atoms with van der Waals surface area (Å²) in [5, 5.41) is 16.1. The van der Waals surface area contributed by atoms with Crippen molar-refractivity contribution in [1.82, 2.24) is 10.3 Å². The van der Waals surface area contributed by atoms with Gasteiger partial charge in [-0.2, -0.15) is 5.10 Å². The number of aliphatic hydroxyl groups excluding tert-OH is 1. The summed E-state index contributed by atoms with van der Waals surface area (Å²) in [5.74, 6) is 0.889. The lowest BCUT2D eigenvalue weighted by Gasteiger charge is -2.37. The number of hydrazone groups is 1. The summed E-state index contributed by atoms with van der Waals surface area (Å²) >= 11 is 4.99. The van der Waals surface area contributed by atoms with Gasteiger partial charge < -0.3 is 20.5 Å². The summed E-state index contributed by atoms with van der Waals surface area (Å²) in [4.78, 5) is 2.50. The van der Waals surface area contributed by atoms with Crippen LogP contribution in [0.4, 0.5) is 0 Å².